The van der Waals surface area contributed by atoms with Crippen LogP contribution < -0.4 is 23.7 Å². The number of rotatable bonds is 9. The molecule has 28 heavy (non-hydrogen) atoms. The van der Waals surface area contributed by atoms with E-state index in [4.69, 9.17) is 23.7 Å². The zero-order valence-corrected chi connectivity index (χ0v) is 17.3. The molecule has 8 heteroatoms. The smallest absolute Gasteiger partial charge is 0.203 e. The highest BCUT2D eigenvalue weighted by Crippen LogP contribution is 2.38. The van der Waals surface area contributed by atoms with Crippen LogP contribution >= 0.6 is 0 Å². The van der Waals surface area contributed by atoms with Gasteiger partial charge in [0.1, 0.15) is 11.5 Å². The van der Waals surface area contributed by atoms with E-state index in [2.05, 4.69) is 0 Å². The molecule has 2 aromatic rings. The molecule has 0 spiro atoms. The SMILES string of the molecule is COc1cccc(OC)c1C=CS(=O)(=O)Cc1cc(OC)c(OC)c(OC)c1. The molecule has 2 rings (SSSR count). The van der Waals surface area contributed by atoms with Gasteiger partial charge in [0.15, 0.2) is 21.3 Å². The van der Waals surface area contributed by atoms with Crippen LogP contribution in [0.25, 0.3) is 6.08 Å². The monoisotopic (exact) mass is 408 g/mol. The van der Waals surface area contributed by atoms with E-state index in [9.17, 15) is 8.42 Å². The molecule has 0 heterocycles. The number of sulfone groups is 1. The minimum atomic E-state index is -3.60. The lowest BCUT2D eigenvalue weighted by Crippen LogP contribution is -2.03. The number of hydrogen-bond acceptors (Lipinski definition) is 7. The second kappa shape index (κ2) is 9.36. The molecule has 0 aliphatic carbocycles. The minimum absolute atomic E-state index is 0.238. The largest absolute Gasteiger partial charge is 0.496 e. The van der Waals surface area contributed by atoms with E-state index >= 15 is 0 Å². The van der Waals surface area contributed by atoms with Crippen LogP contribution in [0.4, 0.5) is 0 Å². The van der Waals surface area contributed by atoms with Crippen LogP contribution in [0.2, 0.25) is 0 Å². The highest BCUT2D eigenvalue weighted by Gasteiger charge is 2.17. The van der Waals surface area contributed by atoms with Crippen molar-refractivity contribution in [3.05, 3.63) is 46.9 Å². The minimum Gasteiger partial charge on any atom is -0.496 e. The van der Waals surface area contributed by atoms with Gasteiger partial charge in [-0.25, -0.2) is 8.42 Å². The van der Waals surface area contributed by atoms with E-state index in [0.29, 0.717) is 39.9 Å². The average molecular weight is 408 g/mol. The molecule has 0 amide bonds. The van der Waals surface area contributed by atoms with Gasteiger partial charge in [0.05, 0.1) is 46.9 Å². The van der Waals surface area contributed by atoms with Crippen molar-refractivity contribution in [2.45, 2.75) is 5.75 Å². The third-order valence-electron chi connectivity index (χ3n) is 4.00. The summed E-state index contributed by atoms with van der Waals surface area (Å²) in [6.07, 6.45) is 1.46. The highest BCUT2D eigenvalue weighted by molar-refractivity contribution is 7.93. The van der Waals surface area contributed by atoms with Crippen molar-refractivity contribution in [2.75, 3.05) is 35.5 Å². The average Bonchev–Trinajstić information content (AvgIpc) is 2.70. The Morgan fingerprint density at radius 1 is 0.786 bits per heavy atom. The lowest BCUT2D eigenvalue weighted by molar-refractivity contribution is 0.324. The van der Waals surface area contributed by atoms with Crippen molar-refractivity contribution in [3.8, 4) is 28.7 Å². The first-order chi connectivity index (χ1) is 13.4. The first-order valence-corrected chi connectivity index (χ1v) is 10.0. The second-order valence-electron chi connectivity index (χ2n) is 5.72. The molecule has 0 fully saturated rings. The molecule has 0 unspecified atom stereocenters. The van der Waals surface area contributed by atoms with Crippen LogP contribution in [0.1, 0.15) is 11.1 Å². The van der Waals surface area contributed by atoms with E-state index in [1.165, 1.54) is 41.6 Å². The van der Waals surface area contributed by atoms with Gasteiger partial charge in [0.2, 0.25) is 5.75 Å². The number of ether oxygens (including phenoxy) is 5. The molecule has 0 saturated carbocycles. The summed E-state index contributed by atoms with van der Waals surface area (Å²) in [6, 6.07) is 8.44. The molecule has 152 valence electrons. The number of benzene rings is 2. The van der Waals surface area contributed by atoms with Crippen molar-refractivity contribution >= 4 is 15.9 Å². The topological polar surface area (TPSA) is 80.3 Å². The Morgan fingerprint density at radius 3 is 1.71 bits per heavy atom. The van der Waals surface area contributed by atoms with Crippen LogP contribution in [0.3, 0.4) is 0 Å². The lowest BCUT2D eigenvalue weighted by atomic mass is 10.2. The van der Waals surface area contributed by atoms with Crippen LogP contribution in [-0.4, -0.2) is 44.0 Å². The van der Waals surface area contributed by atoms with E-state index in [0.717, 1.165) is 5.41 Å². The summed E-state index contributed by atoms with van der Waals surface area (Å²) in [5.74, 6) is 1.97. The van der Waals surface area contributed by atoms with Gasteiger partial charge < -0.3 is 23.7 Å². The molecule has 0 aliphatic rings. The van der Waals surface area contributed by atoms with Crippen LogP contribution in [0.5, 0.6) is 28.7 Å². The molecule has 0 saturated heterocycles. The zero-order chi connectivity index (χ0) is 20.7. The summed E-state index contributed by atoms with van der Waals surface area (Å²) < 4.78 is 51.7. The standard InChI is InChI=1S/C20H24O7S/c1-23-16-7-6-8-17(24-2)15(16)9-10-28(21,22)13-14-11-18(25-3)20(27-5)19(12-14)26-4/h6-12H,13H2,1-5H3. The molecular weight excluding hydrogens is 384 g/mol. The second-order valence-corrected chi connectivity index (χ2v) is 7.61. The summed E-state index contributed by atoms with van der Waals surface area (Å²) in [6.45, 7) is 0. The number of methoxy groups -OCH3 is 5. The Balaban J connectivity index is 2.36. The molecule has 0 atom stereocenters. The molecule has 0 aromatic heterocycles. The van der Waals surface area contributed by atoms with Gasteiger partial charge in [0.25, 0.3) is 0 Å². The van der Waals surface area contributed by atoms with Crippen LogP contribution in [-0.2, 0) is 15.6 Å². The maximum absolute atomic E-state index is 12.6. The predicted molar refractivity (Wildman–Crippen MR) is 107 cm³/mol. The Labute approximate surface area is 165 Å². The van der Waals surface area contributed by atoms with E-state index < -0.39 is 9.84 Å². The van der Waals surface area contributed by atoms with Crippen LogP contribution in [0.15, 0.2) is 35.7 Å². The van der Waals surface area contributed by atoms with Gasteiger partial charge in [-0.2, -0.15) is 0 Å². The zero-order valence-electron chi connectivity index (χ0n) is 16.5. The van der Waals surface area contributed by atoms with Crippen molar-refractivity contribution in [2.24, 2.45) is 0 Å². The van der Waals surface area contributed by atoms with E-state index in [1.807, 2.05) is 0 Å². The van der Waals surface area contributed by atoms with E-state index in [1.54, 1.807) is 30.3 Å². The summed E-state index contributed by atoms with van der Waals surface area (Å²) in [5.41, 5.74) is 1.05. The summed E-state index contributed by atoms with van der Waals surface area (Å²) in [5, 5.41) is 1.14. The Hall–Kier alpha value is -2.87. The fraction of sp³-hybridized carbons (Fsp3) is 0.300. The molecule has 0 N–H and O–H groups in total. The van der Waals surface area contributed by atoms with Gasteiger partial charge >= 0.3 is 0 Å². The number of hydrogen-bond donors (Lipinski definition) is 0. The van der Waals surface area contributed by atoms with Crippen molar-refractivity contribution in [3.63, 3.8) is 0 Å². The molecule has 0 radical (unpaired) electrons. The predicted octanol–water partition coefficient (Wildman–Crippen LogP) is 3.32. The third-order valence-corrected chi connectivity index (χ3v) is 5.29. The molecule has 0 aliphatic heterocycles. The lowest BCUT2D eigenvalue weighted by Gasteiger charge is -2.14. The van der Waals surface area contributed by atoms with Crippen molar-refractivity contribution in [1.82, 2.24) is 0 Å². The van der Waals surface area contributed by atoms with Crippen molar-refractivity contribution in [1.29, 1.82) is 0 Å². The quantitative estimate of drug-likeness (QED) is 0.630. The maximum Gasteiger partial charge on any atom is 0.203 e. The van der Waals surface area contributed by atoms with Crippen molar-refractivity contribution < 1.29 is 32.1 Å². The summed E-state index contributed by atoms with van der Waals surface area (Å²) >= 11 is 0. The van der Waals surface area contributed by atoms with Gasteiger partial charge in [0, 0.05) is 5.41 Å². The first kappa shape index (κ1) is 21.4. The molecule has 0 bridgehead atoms. The van der Waals surface area contributed by atoms with Gasteiger partial charge in [-0.3, -0.25) is 0 Å². The first-order valence-electron chi connectivity index (χ1n) is 8.29. The Bertz CT molecular complexity index is 902. The van der Waals surface area contributed by atoms with Gasteiger partial charge in [-0.05, 0) is 35.9 Å². The van der Waals surface area contributed by atoms with Gasteiger partial charge in [-0.1, -0.05) is 6.07 Å². The molecular formula is C20H24O7S. The third kappa shape index (κ3) is 4.89. The maximum atomic E-state index is 12.6. The van der Waals surface area contributed by atoms with E-state index in [-0.39, 0.29) is 5.75 Å². The summed E-state index contributed by atoms with van der Waals surface area (Å²) in [7, 11) is 3.86. The fourth-order valence-electron chi connectivity index (χ4n) is 2.72. The Kier molecular flexibility index (Phi) is 7.17. The molecule has 7 nitrogen and oxygen atoms in total. The highest BCUT2D eigenvalue weighted by atomic mass is 32.2. The fourth-order valence-corrected chi connectivity index (χ4v) is 3.79. The molecule has 2 aromatic carbocycles. The normalized spacial score (nSPS) is 11.3. The van der Waals surface area contributed by atoms with Gasteiger partial charge in [-0.15, -0.1) is 0 Å². The Morgan fingerprint density at radius 2 is 1.29 bits per heavy atom. The summed E-state index contributed by atoms with van der Waals surface area (Å²) in [4.78, 5) is 0. The van der Waals surface area contributed by atoms with Crippen LogP contribution in [0, 0.1) is 0 Å².